The van der Waals surface area contributed by atoms with Crippen molar-refractivity contribution in [3.05, 3.63) is 59.5 Å². The number of nitrogens with zero attached hydrogens (tertiary/aromatic N) is 2. The second-order valence-electron chi connectivity index (χ2n) is 6.70. The molecule has 0 spiro atoms. The van der Waals surface area contributed by atoms with Crippen molar-refractivity contribution in [3.8, 4) is 17.1 Å². The first-order valence-electron chi connectivity index (χ1n) is 8.87. The normalized spacial score (nSPS) is 10.9. The maximum Gasteiger partial charge on any atom is 0.262 e. The van der Waals surface area contributed by atoms with Gasteiger partial charge in [-0.05, 0) is 36.1 Å². The summed E-state index contributed by atoms with van der Waals surface area (Å²) in [6.45, 7) is 7.84. The molecular weight excluding hydrogens is 342 g/mol. The van der Waals surface area contributed by atoms with Gasteiger partial charge in [0.05, 0.1) is 0 Å². The maximum atomic E-state index is 12.4. The van der Waals surface area contributed by atoms with Gasteiger partial charge < -0.3 is 14.6 Å². The van der Waals surface area contributed by atoms with E-state index in [2.05, 4.69) is 29.3 Å². The van der Waals surface area contributed by atoms with E-state index in [0.29, 0.717) is 23.4 Å². The molecule has 0 unspecified atom stereocenters. The third-order valence-corrected chi connectivity index (χ3v) is 4.18. The highest BCUT2D eigenvalue weighted by Crippen LogP contribution is 2.27. The van der Waals surface area contributed by atoms with Crippen LogP contribution < -0.4 is 10.1 Å². The average Bonchev–Trinajstić information content (AvgIpc) is 3.08. The van der Waals surface area contributed by atoms with E-state index in [1.807, 2.05) is 37.3 Å². The lowest BCUT2D eigenvalue weighted by Gasteiger charge is -2.16. The number of amides is 1. The molecule has 3 aromatic rings. The monoisotopic (exact) mass is 365 g/mol. The van der Waals surface area contributed by atoms with Crippen LogP contribution in [0.2, 0.25) is 0 Å². The van der Waals surface area contributed by atoms with Crippen LogP contribution >= 0.6 is 0 Å². The number of benzene rings is 2. The highest BCUT2D eigenvalue weighted by Gasteiger charge is 2.13. The van der Waals surface area contributed by atoms with Gasteiger partial charge in [0.25, 0.3) is 5.91 Å². The Balaban J connectivity index is 1.67. The van der Waals surface area contributed by atoms with Crippen molar-refractivity contribution in [2.75, 3.05) is 11.9 Å². The summed E-state index contributed by atoms with van der Waals surface area (Å²) in [5, 5.41) is 6.87. The number of carbonyl (C=O) groups excluding carboxylic acids is 1. The first-order chi connectivity index (χ1) is 12.9. The number of ether oxygens (including phenoxy) is 1. The van der Waals surface area contributed by atoms with Gasteiger partial charge in [-0.25, -0.2) is 0 Å². The van der Waals surface area contributed by atoms with E-state index in [9.17, 15) is 4.79 Å². The maximum absolute atomic E-state index is 12.4. The summed E-state index contributed by atoms with van der Waals surface area (Å²) in [6, 6.07) is 13.3. The Morgan fingerprint density at radius 2 is 1.96 bits per heavy atom. The van der Waals surface area contributed by atoms with Gasteiger partial charge in [-0.15, -0.1) is 0 Å². The second kappa shape index (κ2) is 8.03. The largest absolute Gasteiger partial charge is 0.484 e. The molecule has 0 aliphatic carbocycles. The fraction of sp³-hybridized carbons (Fsp3) is 0.286. The lowest BCUT2D eigenvalue weighted by Crippen LogP contribution is -2.21. The van der Waals surface area contributed by atoms with E-state index in [1.165, 1.54) is 0 Å². The fourth-order valence-corrected chi connectivity index (χ4v) is 2.81. The molecule has 1 N–H and O–H groups in total. The summed E-state index contributed by atoms with van der Waals surface area (Å²) >= 11 is 0. The van der Waals surface area contributed by atoms with Crippen molar-refractivity contribution in [2.45, 2.75) is 33.6 Å². The Morgan fingerprint density at radius 3 is 2.67 bits per heavy atom. The van der Waals surface area contributed by atoms with Crippen LogP contribution in [0.3, 0.4) is 0 Å². The predicted octanol–water partition coefficient (Wildman–Crippen LogP) is 4.49. The molecule has 1 amide bonds. The molecule has 0 atom stereocenters. The number of aromatic nitrogens is 2. The van der Waals surface area contributed by atoms with Gasteiger partial charge in [0.2, 0.25) is 11.7 Å². The van der Waals surface area contributed by atoms with Crippen LogP contribution in [0.1, 0.15) is 36.8 Å². The predicted molar refractivity (Wildman–Crippen MR) is 104 cm³/mol. The number of aryl methyl sites for hydroxylation is 2. The van der Waals surface area contributed by atoms with Gasteiger partial charge in [0, 0.05) is 18.2 Å². The molecule has 0 saturated heterocycles. The zero-order chi connectivity index (χ0) is 19.4. The lowest BCUT2D eigenvalue weighted by atomic mass is 9.98. The summed E-state index contributed by atoms with van der Waals surface area (Å²) in [6.07, 6.45) is 0. The van der Waals surface area contributed by atoms with Crippen molar-refractivity contribution in [3.63, 3.8) is 0 Å². The van der Waals surface area contributed by atoms with Crippen LogP contribution in [0.5, 0.6) is 5.75 Å². The van der Waals surface area contributed by atoms with Crippen LogP contribution in [-0.4, -0.2) is 22.7 Å². The van der Waals surface area contributed by atoms with Gasteiger partial charge >= 0.3 is 0 Å². The number of hydrogen-bond donors (Lipinski definition) is 1. The first kappa shape index (κ1) is 18.6. The van der Waals surface area contributed by atoms with Crippen LogP contribution in [0, 0.1) is 13.8 Å². The SMILES string of the molecule is Cc1nc(-c2cccc(OCC(=O)Nc3c(C)cccc3C(C)C)c2)no1. The molecule has 0 aliphatic rings. The van der Waals surface area contributed by atoms with Gasteiger partial charge in [0.15, 0.2) is 6.61 Å². The molecule has 6 nitrogen and oxygen atoms in total. The van der Waals surface area contributed by atoms with Crippen molar-refractivity contribution in [1.29, 1.82) is 0 Å². The Kier molecular flexibility index (Phi) is 5.54. The molecule has 0 saturated carbocycles. The molecule has 0 bridgehead atoms. The van der Waals surface area contributed by atoms with E-state index in [-0.39, 0.29) is 12.5 Å². The molecule has 27 heavy (non-hydrogen) atoms. The number of hydrogen-bond acceptors (Lipinski definition) is 5. The Labute approximate surface area is 158 Å². The number of carbonyl (C=O) groups is 1. The Morgan fingerprint density at radius 1 is 1.19 bits per heavy atom. The fourth-order valence-electron chi connectivity index (χ4n) is 2.81. The smallest absolute Gasteiger partial charge is 0.262 e. The minimum atomic E-state index is -0.202. The Bertz CT molecular complexity index is 947. The van der Waals surface area contributed by atoms with Crippen molar-refractivity contribution < 1.29 is 14.1 Å². The lowest BCUT2D eigenvalue weighted by molar-refractivity contribution is -0.118. The zero-order valence-electron chi connectivity index (χ0n) is 15.9. The van der Waals surface area contributed by atoms with Gasteiger partial charge in [-0.3, -0.25) is 4.79 Å². The molecule has 0 aliphatic heterocycles. The molecule has 1 heterocycles. The highest BCUT2D eigenvalue weighted by atomic mass is 16.5. The molecule has 0 radical (unpaired) electrons. The van der Waals surface area contributed by atoms with Crippen molar-refractivity contribution in [2.24, 2.45) is 0 Å². The molecule has 1 aromatic heterocycles. The molecule has 2 aromatic carbocycles. The van der Waals surface area contributed by atoms with E-state index in [4.69, 9.17) is 9.26 Å². The molecule has 140 valence electrons. The van der Waals surface area contributed by atoms with Gasteiger partial charge in [-0.1, -0.05) is 49.3 Å². The third kappa shape index (κ3) is 4.53. The molecule has 3 rings (SSSR count). The summed E-state index contributed by atoms with van der Waals surface area (Å²) in [4.78, 5) is 16.6. The van der Waals surface area contributed by atoms with Crippen LogP contribution in [0.15, 0.2) is 47.0 Å². The number of para-hydroxylation sites is 1. The Hall–Kier alpha value is -3.15. The molecule has 6 heteroatoms. The standard InChI is InChI=1S/C21H23N3O3/c1-13(2)18-10-5-7-14(3)20(18)23-19(25)12-26-17-9-6-8-16(11-17)21-22-15(4)27-24-21/h5-11,13H,12H2,1-4H3,(H,23,25). The van der Waals surface area contributed by atoms with E-state index >= 15 is 0 Å². The summed E-state index contributed by atoms with van der Waals surface area (Å²) in [5.74, 6) is 1.67. The van der Waals surface area contributed by atoms with Crippen LogP contribution in [0.4, 0.5) is 5.69 Å². The van der Waals surface area contributed by atoms with Crippen LogP contribution in [0.25, 0.3) is 11.4 Å². The summed E-state index contributed by atoms with van der Waals surface area (Å²) in [5.41, 5.74) is 3.77. The average molecular weight is 365 g/mol. The van der Waals surface area contributed by atoms with Crippen molar-refractivity contribution in [1.82, 2.24) is 10.1 Å². The van der Waals surface area contributed by atoms with E-state index in [0.717, 1.165) is 22.4 Å². The summed E-state index contributed by atoms with van der Waals surface area (Å²) < 4.78 is 10.6. The van der Waals surface area contributed by atoms with Crippen LogP contribution in [-0.2, 0) is 4.79 Å². The number of anilines is 1. The van der Waals surface area contributed by atoms with Crippen molar-refractivity contribution >= 4 is 11.6 Å². The van der Waals surface area contributed by atoms with E-state index < -0.39 is 0 Å². The van der Waals surface area contributed by atoms with Gasteiger partial charge in [0.1, 0.15) is 5.75 Å². The molecular formula is C21H23N3O3. The highest BCUT2D eigenvalue weighted by molar-refractivity contribution is 5.93. The molecule has 0 fully saturated rings. The second-order valence-corrected chi connectivity index (χ2v) is 6.70. The minimum Gasteiger partial charge on any atom is -0.484 e. The van der Waals surface area contributed by atoms with Gasteiger partial charge in [-0.2, -0.15) is 4.98 Å². The quantitative estimate of drug-likeness (QED) is 0.696. The number of nitrogens with one attached hydrogen (secondary N) is 1. The van der Waals surface area contributed by atoms with E-state index in [1.54, 1.807) is 19.1 Å². The number of rotatable bonds is 6. The summed E-state index contributed by atoms with van der Waals surface area (Å²) in [7, 11) is 0. The first-order valence-corrected chi connectivity index (χ1v) is 8.87. The topological polar surface area (TPSA) is 77.2 Å². The third-order valence-electron chi connectivity index (χ3n) is 4.18. The minimum absolute atomic E-state index is 0.0827. The zero-order valence-corrected chi connectivity index (χ0v) is 15.9.